The van der Waals surface area contributed by atoms with Crippen molar-refractivity contribution in [2.75, 3.05) is 0 Å². The van der Waals surface area contributed by atoms with Gasteiger partial charge in [0.1, 0.15) is 5.82 Å². The van der Waals surface area contributed by atoms with Crippen molar-refractivity contribution in [3.8, 4) is 11.3 Å². The number of aromatic nitrogens is 3. The first-order valence-corrected chi connectivity index (χ1v) is 6.15. The molecule has 2 aromatic heterocycles. The molecule has 0 saturated heterocycles. The van der Waals surface area contributed by atoms with Gasteiger partial charge < -0.3 is 0 Å². The molecule has 0 spiro atoms. The summed E-state index contributed by atoms with van der Waals surface area (Å²) in [6, 6.07) is 8.50. The van der Waals surface area contributed by atoms with Crippen molar-refractivity contribution in [2.24, 2.45) is 0 Å². The van der Waals surface area contributed by atoms with E-state index in [0.29, 0.717) is 5.78 Å². The van der Waals surface area contributed by atoms with E-state index in [2.05, 4.69) is 9.97 Å². The lowest BCUT2D eigenvalue weighted by atomic mass is 10.1. The van der Waals surface area contributed by atoms with Crippen LogP contribution in [0.25, 0.3) is 17.0 Å². The number of aryl methyl sites for hydroxylation is 3. The van der Waals surface area contributed by atoms with Gasteiger partial charge in [0.15, 0.2) is 0 Å². The third-order valence-corrected chi connectivity index (χ3v) is 3.23. The molecule has 0 bridgehead atoms. The quantitative estimate of drug-likeness (QED) is 0.666. The zero-order valence-electron chi connectivity index (χ0n) is 11.1. The lowest BCUT2D eigenvalue weighted by molar-refractivity contribution is 0.628. The molecule has 0 fully saturated rings. The maximum Gasteiger partial charge on any atom is 0.234 e. The molecule has 3 nitrogen and oxygen atoms in total. The summed E-state index contributed by atoms with van der Waals surface area (Å²) >= 11 is 0. The molecular weight excluding hydrogens is 241 g/mol. The van der Waals surface area contributed by atoms with Crippen molar-refractivity contribution in [3.05, 3.63) is 53.2 Å². The first-order valence-electron chi connectivity index (χ1n) is 6.15. The van der Waals surface area contributed by atoms with Crippen LogP contribution in [0.15, 0.2) is 30.3 Å². The van der Waals surface area contributed by atoms with Crippen LogP contribution in [0.4, 0.5) is 4.39 Å². The molecule has 0 aliphatic rings. The molecule has 3 rings (SSSR count). The Hall–Kier alpha value is -2.23. The maximum absolute atomic E-state index is 13.3. The van der Waals surface area contributed by atoms with Gasteiger partial charge in [0.05, 0.1) is 5.69 Å². The topological polar surface area (TPSA) is 30.2 Å². The number of fused-ring (bicyclic) bond motifs is 1. The molecule has 0 atom stereocenters. The van der Waals surface area contributed by atoms with E-state index in [1.54, 1.807) is 6.07 Å². The largest absolute Gasteiger partial charge is 0.285 e. The zero-order valence-corrected chi connectivity index (χ0v) is 11.1. The van der Waals surface area contributed by atoms with Crippen molar-refractivity contribution in [3.63, 3.8) is 0 Å². The van der Waals surface area contributed by atoms with Gasteiger partial charge in [0.25, 0.3) is 0 Å². The highest BCUT2D eigenvalue weighted by atomic mass is 19.1. The predicted octanol–water partition coefficient (Wildman–Crippen LogP) is 3.46. The molecule has 0 saturated carbocycles. The lowest BCUT2D eigenvalue weighted by Crippen LogP contribution is -1.97. The molecule has 3 aromatic rings. The smallest absolute Gasteiger partial charge is 0.234 e. The van der Waals surface area contributed by atoms with Crippen LogP contribution in [-0.4, -0.2) is 14.4 Å². The van der Waals surface area contributed by atoms with Crippen molar-refractivity contribution in [1.82, 2.24) is 14.4 Å². The standard InChI is InChI=1S/C15H14FN3/c1-9-7-10(2)19-11(3)14(18-15(19)17-9)12-5-4-6-13(16)8-12/h4-8H,1-3H3. The van der Waals surface area contributed by atoms with Gasteiger partial charge in [0, 0.05) is 22.6 Å². The Bertz CT molecular complexity index is 774. The van der Waals surface area contributed by atoms with Crippen molar-refractivity contribution < 1.29 is 4.39 Å². The molecule has 0 aliphatic heterocycles. The predicted molar refractivity (Wildman–Crippen MR) is 72.6 cm³/mol. The van der Waals surface area contributed by atoms with Crippen LogP contribution < -0.4 is 0 Å². The molecule has 0 radical (unpaired) electrons. The summed E-state index contributed by atoms with van der Waals surface area (Å²) in [5.74, 6) is 0.407. The van der Waals surface area contributed by atoms with Crippen LogP contribution in [0.3, 0.4) is 0 Å². The molecule has 19 heavy (non-hydrogen) atoms. The number of hydrogen-bond acceptors (Lipinski definition) is 2. The average molecular weight is 255 g/mol. The fourth-order valence-electron chi connectivity index (χ4n) is 2.45. The van der Waals surface area contributed by atoms with Gasteiger partial charge in [-0.25, -0.2) is 14.4 Å². The fraction of sp³-hybridized carbons (Fsp3) is 0.200. The number of imidazole rings is 1. The van der Waals surface area contributed by atoms with Crippen LogP contribution in [-0.2, 0) is 0 Å². The highest BCUT2D eigenvalue weighted by Crippen LogP contribution is 2.24. The molecule has 2 heterocycles. The Kier molecular flexibility index (Phi) is 2.59. The van der Waals surface area contributed by atoms with Gasteiger partial charge in [0.2, 0.25) is 5.78 Å². The molecule has 0 unspecified atom stereocenters. The van der Waals surface area contributed by atoms with Crippen LogP contribution in [0.5, 0.6) is 0 Å². The number of hydrogen-bond donors (Lipinski definition) is 0. The van der Waals surface area contributed by atoms with Gasteiger partial charge >= 0.3 is 0 Å². The second-order valence-electron chi connectivity index (χ2n) is 4.73. The summed E-state index contributed by atoms with van der Waals surface area (Å²) in [7, 11) is 0. The summed E-state index contributed by atoms with van der Waals surface area (Å²) < 4.78 is 15.3. The Balaban J connectivity index is 2.31. The molecule has 4 heteroatoms. The van der Waals surface area contributed by atoms with E-state index in [0.717, 1.165) is 28.3 Å². The maximum atomic E-state index is 13.3. The number of rotatable bonds is 1. The second kappa shape index (κ2) is 4.16. The van der Waals surface area contributed by atoms with E-state index in [-0.39, 0.29) is 5.82 Å². The van der Waals surface area contributed by atoms with Crippen LogP contribution in [0, 0.1) is 26.6 Å². The van der Waals surface area contributed by atoms with E-state index in [1.165, 1.54) is 12.1 Å². The highest BCUT2D eigenvalue weighted by Gasteiger charge is 2.13. The Morgan fingerprint density at radius 3 is 2.58 bits per heavy atom. The SMILES string of the molecule is Cc1cc(C)n2c(C)c(-c3cccc(F)c3)nc2n1. The van der Waals surface area contributed by atoms with Crippen molar-refractivity contribution in [2.45, 2.75) is 20.8 Å². The third-order valence-electron chi connectivity index (χ3n) is 3.23. The average Bonchev–Trinajstić information content (AvgIpc) is 2.66. The Morgan fingerprint density at radius 1 is 1.05 bits per heavy atom. The molecule has 0 amide bonds. The molecular formula is C15H14FN3. The van der Waals surface area contributed by atoms with E-state index in [4.69, 9.17) is 0 Å². The minimum atomic E-state index is -0.255. The number of benzene rings is 1. The molecule has 1 aromatic carbocycles. The Labute approximate surface area is 110 Å². The van der Waals surface area contributed by atoms with E-state index in [1.807, 2.05) is 37.3 Å². The summed E-state index contributed by atoms with van der Waals surface area (Å²) in [6.45, 7) is 5.94. The highest BCUT2D eigenvalue weighted by molar-refractivity contribution is 5.65. The fourth-order valence-corrected chi connectivity index (χ4v) is 2.45. The second-order valence-corrected chi connectivity index (χ2v) is 4.73. The zero-order chi connectivity index (χ0) is 13.6. The van der Waals surface area contributed by atoms with Gasteiger partial charge in [-0.3, -0.25) is 4.40 Å². The first kappa shape index (κ1) is 11.8. The molecule has 96 valence electrons. The van der Waals surface area contributed by atoms with E-state index in [9.17, 15) is 4.39 Å². The first-order chi connectivity index (χ1) is 9.06. The van der Waals surface area contributed by atoms with Crippen LogP contribution in [0.1, 0.15) is 17.1 Å². The number of nitrogens with zero attached hydrogens (tertiary/aromatic N) is 3. The van der Waals surface area contributed by atoms with E-state index >= 15 is 0 Å². The summed E-state index contributed by atoms with van der Waals surface area (Å²) in [5.41, 5.74) is 4.54. The monoisotopic (exact) mass is 255 g/mol. The summed E-state index contributed by atoms with van der Waals surface area (Å²) in [4.78, 5) is 8.95. The van der Waals surface area contributed by atoms with Gasteiger partial charge in [-0.05, 0) is 39.0 Å². The van der Waals surface area contributed by atoms with Gasteiger partial charge in [-0.15, -0.1) is 0 Å². The number of halogens is 1. The molecule has 0 N–H and O–H groups in total. The van der Waals surface area contributed by atoms with Gasteiger partial charge in [-0.2, -0.15) is 0 Å². The van der Waals surface area contributed by atoms with Crippen molar-refractivity contribution >= 4 is 5.78 Å². The Morgan fingerprint density at radius 2 is 1.84 bits per heavy atom. The van der Waals surface area contributed by atoms with Crippen LogP contribution >= 0.6 is 0 Å². The normalized spacial score (nSPS) is 11.2. The lowest BCUT2D eigenvalue weighted by Gasteiger charge is -2.03. The minimum Gasteiger partial charge on any atom is -0.285 e. The molecule has 0 aliphatic carbocycles. The van der Waals surface area contributed by atoms with Crippen LogP contribution in [0.2, 0.25) is 0 Å². The minimum absolute atomic E-state index is 0.255. The van der Waals surface area contributed by atoms with E-state index < -0.39 is 0 Å². The summed E-state index contributed by atoms with van der Waals surface area (Å²) in [5, 5.41) is 0. The summed E-state index contributed by atoms with van der Waals surface area (Å²) in [6.07, 6.45) is 0. The third kappa shape index (κ3) is 1.89. The van der Waals surface area contributed by atoms with Gasteiger partial charge in [-0.1, -0.05) is 12.1 Å². The van der Waals surface area contributed by atoms with Crippen molar-refractivity contribution in [1.29, 1.82) is 0 Å².